The summed E-state index contributed by atoms with van der Waals surface area (Å²) in [7, 11) is 0. The summed E-state index contributed by atoms with van der Waals surface area (Å²) >= 11 is 0. The molecule has 1 unspecified atom stereocenters. The van der Waals surface area contributed by atoms with Crippen LogP contribution in [0.2, 0.25) is 0 Å². The number of carbonyl (C=O) groups is 1. The van der Waals surface area contributed by atoms with Gasteiger partial charge < -0.3 is 15.0 Å². The average molecular weight is 224 g/mol. The molecule has 0 aliphatic carbocycles. The predicted octanol–water partition coefficient (Wildman–Crippen LogP) is 1.50. The van der Waals surface area contributed by atoms with Crippen molar-refractivity contribution in [3.8, 4) is 0 Å². The Hall–Kier alpha value is -1.29. The lowest BCUT2D eigenvalue weighted by atomic mass is 10.1. The Morgan fingerprint density at radius 2 is 2.25 bits per heavy atom. The van der Waals surface area contributed by atoms with Gasteiger partial charge in [-0.2, -0.15) is 0 Å². The molecule has 1 atom stereocenters. The van der Waals surface area contributed by atoms with Crippen LogP contribution < -0.4 is 5.73 Å². The molecule has 0 aliphatic rings. The fourth-order valence-electron chi connectivity index (χ4n) is 1.66. The van der Waals surface area contributed by atoms with Gasteiger partial charge in [0.25, 0.3) is 0 Å². The second-order valence-electron chi connectivity index (χ2n) is 4.06. The molecule has 0 spiro atoms. The number of hydrogen-bond acceptors (Lipinski definition) is 3. The lowest BCUT2D eigenvalue weighted by Gasteiger charge is -2.15. The molecule has 0 saturated carbocycles. The highest BCUT2D eigenvalue weighted by Gasteiger charge is 2.17. The van der Waals surface area contributed by atoms with Crippen molar-refractivity contribution in [1.82, 2.24) is 4.57 Å². The van der Waals surface area contributed by atoms with E-state index >= 15 is 0 Å². The lowest BCUT2D eigenvalue weighted by Crippen LogP contribution is -2.35. The number of nitrogens with zero attached hydrogens (tertiary/aromatic N) is 1. The summed E-state index contributed by atoms with van der Waals surface area (Å²) in [6.45, 7) is 6.35. The first-order chi connectivity index (χ1) is 7.56. The van der Waals surface area contributed by atoms with Crippen LogP contribution in [0.5, 0.6) is 0 Å². The number of hydrogen-bond donors (Lipinski definition) is 1. The Labute approximate surface area is 96.4 Å². The highest BCUT2D eigenvalue weighted by Crippen LogP contribution is 2.12. The van der Waals surface area contributed by atoms with Crippen molar-refractivity contribution in [3.05, 3.63) is 24.0 Å². The molecule has 4 nitrogen and oxygen atoms in total. The van der Waals surface area contributed by atoms with E-state index in [0.29, 0.717) is 19.1 Å². The number of ether oxygens (including phenoxy) is 1. The fourth-order valence-corrected chi connectivity index (χ4v) is 1.66. The van der Waals surface area contributed by atoms with Crippen molar-refractivity contribution in [1.29, 1.82) is 0 Å². The highest BCUT2D eigenvalue weighted by atomic mass is 16.5. The van der Waals surface area contributed by atoms with Crippen molar-refractivity contribution in [2.75, 3.05) is 6.61 Å². The van der Waals surface area contributed by atoms with Gasteiger partial charge in [-0.1, -0.05) is 0 Å². The number of rotatable bonds is 5. The van der Waals surface area contributed by atoms with Gasteiger partial charge in [0, 0.05) is 24.4 Å². The first kappa shape index (κ1) is 12.8. The van der Waals surface area contributed by atoms with Crippen LogP contribution in [0.3, 0.4) is 0 Å². The molecule has 0 aliphatic heterocycles. The molecule has 0 aromatic carbocycles. The second kappa shape index (κ2) is 5.70. The zero-order valence-electron chi connectivity index (χ0n) is 10.1. The Kier molecular flexibility index (Phi) is 4.55. The summed E-state index contributed by atoms with van der Waals surface area (Å²) in [6.07, 6.45) is 2.52. The number of esters is 1. The molecule has 0 fully saturated rings. The third kappa shape index (κ3) is 3.10. The molecule has 90 valence electrons. The Bertz CT molecular complexity index is 345. The van der Waals surface area contributed by atoms with Crippen LogP contribution in [0.25, 0.3) is 0 Å². The van der Waals surface area contributed by atoms with E-state index in [1.807, 2.05) is 18.3 Å². The SMILES string of the molecule is CCOC(=O)C(N)Cc1cccn1C(C)C. The normalized spacial score (nSPS) is 12.8. The average Bonchev–Trinajstić information content (AvgIpc) is 2.66. The van der Waals surface area contributed by atoms with Crippen molar-refractivity contribution >= 4 is 5.97 Å². The third-order valence-corrected chi connectivity index (χ3v) is 2.44. The van der Waals surface area contributed by atoms with E-state index in [1.54, 1.807) is 6.92 Å². The van der Waals surface area contributed by atoms with Gasteiger partial charge in [-0.15, -0.1) is 0 Å². The number of aromatic nitrogens is 1. The largest absolute Gasteiger partial charge is 0.465 e. The van der Waals surface area contributed by atoms with Gasteiger partial charge >= 0.3 is 5.97 Å². The second-order valence-corrected chi connectivity index (χ2v) is 4.06. The molecule has 1 rings (SSSR count). The minimum atomic E-state index is -0.577. The summed E-state index contributed by atoms with van der Waals surface area (Å²) in [5.74, 6) is -0.334. The molecule has 1 aromatic heterocycles. The van der Waals surface area contributed by atoms with Crippen LogP contribution in [0, 0.1) is 0 Å². The monoisotopic (exact) mass is 224 g/mol. The van der Waals surface area contributed by atoms with Crippen LogP contribution in [0.4, 0.5) is 0 Å². The van der Waals surface area contributed by atoms with E-state index in [1.165, 1.54) is 0 Å². The van der Waals surface area contributed by atoms with E-state index in [9.17, 15) is 4.79 Å². The molecular weight excluding hydrogens is 204 g/mol. The molecule has 0 bridgehead atoms. The molecule has 0 amide bonds. The maximum Gasteiger partial charge on any atom is 0.323 e. The smallest absolute Gasteiger partial charge is 0.323 e. The Morgan fingerprint density at radius 1 is 1.56 bits per heavy atom. The van der Waals surface area contributed by atoms with Crippen LogP contribution in [0.15, 0.2) is 18.3 Å². The molecule has 0 radical (unpaired) electrons. The van der Waals surface area contributed by atoms with E-state index < -0.39 is 6.04 Å². The number of nitrogens with two attached hydrogens (primary N) is 1. The van der Waals surface area contributed by atoms with E-state index in [-0.39, 0.29) is 5.97 Å². The van der Waals surface area contributed by atoms with Crippen molar-refractivity contribution in [3.63, 3.8) is 0 Å². The summed E-state index contributed by atoms with van der Waals surface area (Å²) in [6, 6.07) is 3.75. The molecular formula is C12H20N2O2. The molecule has 4 heteroatoms. The third-order valence-electron chi connectivity index (χ3n) is 2.44. The van der Waals surface area contributed by atoms with Gasteiger partial charge in [0.2, 0.25) is 0 Å². The predicted molar refractivity (Wildman–Crippen MR) is 63.1 cm³/mol. The van der Waals surface area contributed by atoms with E-state index in [2.05, 4.69) is 18.4 Å². The van der Waals surface area contributed by atoms with Crippen LogP contribution >= 0.6 is 0 Å². The first-order valence-electron chi connectivity index (χ1n) is 5.64. The summed E-state index contributed by atoms with van der Waals surface area (Å²) in [5.41, 5.74) is 6.84. The topological polar surface area (TPSA) is 57.2 Å². The molecule has 1 heterocycles. The van der Waals surface area contributed by atoms with Crippen molar-refractivity contribution < 1.29 is 9.53 Å². The summed E-state index contributed by atoms with van der Waals surface area (Å²) < 4.78 is 6.99. The molecule has 2 N–H and O–H groups in total. The fraction of sp³-hybridized carbons (Fsp3) is 0.583. The van der Waals surface area contributed by atoms with Gasteiger partial charge in [-0.25, -0.2) is 0 Å². The van der Waals surface area contributed by atoms with Gasteiger partial charge in [-0.3, -0.25) is 4.79 Å². The summed E-state index contributed by atoms with van der Waals surface area (Å²) in [4.78, 5) is 11.4. The highest BCUT2D eigenvalue weighted by molar-refractivity contribution is 5.75. The van der Waals surface area contributed by atoms with Crippen LogP contribution in [-0.4, -0.2) is 23.2 Å². The van der Waals surface area contributed by atoms with Gasteiger partial charge in [-0.05, 0) is 32.9 Å². The maximum absolute atomic E-state index is 11.4. The minimum Gasteiger partial charge on any atom is -0.465 e. The Morgan fingerprint density at radius 3 is 2.81 bits per heavy atom. The van der Waals surface area contributed by atoms with Crippen molar-refractivity contribution in [2.45, 2.75) is 39.3 Å². The van der Waals surface area contributed by atoms with Crippen LogP contribution in [-0.2, 0) is 16.0 Å². The van der Waals surface area contributed by atoms with Crippen LogP contribution in [0.1, 0.15) is 32.5 Å². The van der Waals surface area contributed by atoms with Crippen molar-refractivity contribution in [2.24, 2.45) is 5.73 Å². The molecule has 0 saturated heterocycles. The first-order valence-corrected chi connectivity index (χ1v) is 5.64. The quantitative estimate of drug-likeness (QED) is 0.771. The van der Waals surface area contributed by atoms with E-state index in [4.69, 9.17) is 10.5 Å². The minimum absolute atomic E-state index is 0.334. The van der Waals surface area contributed by atoms with Gasteiger partial charge in [0.05, 0.1) is 6.61 Å². The van der Waals surface area contributed by atoms with E-state index in [0.717, 1.165) is 5.69 Å². The summed E-state index contributed by atoms with van der Waals surface area (Å²) in [5, 5.41) is 0. The number of carbonyl (C=O) groups excluding carboxylic acids is 1. The van der Waals surface area contributed by atoms with Gasteiger partial charge in [0.15, 0.2) is 0 Å². The zero-order chi connectivity index (χ0) is 12.1. The lowest BCUT2D eigenvalue weighted by molar-refractivity contribution is -0.144. The Balaban J connectivity index is 2.65. The van der Waals surface area contributed by atoms with Gasteiger partial charge in [0.1, 0.15) is 6.04 Å². The zero-order valence-corrected chi connectivity index (χ0v) is 10.1. The maximum atomic E-state index is 11.4. The molecule has 1 aromatic rings. The molecule has 16 heavy (non-hydrogen) atoms. The standard InChI is InChI=1S/C12H20N2O2/c1-4-16-12(15)11(13)8-10-6-5-7-14(10)9(2)3/h5-7,9,11H,4,8,13H2,1-3H3.